The number of aryl methyl sites for hydroxylation is 1. The summed E-state index contributed by atoms with van der Waals surface area (Å²) in [7, 11) is -0.572. The summed E-state index contributed by atoms with van der Waals surface area (Å²) in [5.41, 5.74) is 1.22. The number of rotatable bonds is 5. The first-order valence-electron chi connectivity index (χ1n) is 6.52. The molecule has 0 atom stereocenters. The molecule has 1 aliphatic heterocycles. The molecule has 100 valence electrons. The normalized spacial score (nSPS) is 23.8. The van der Waals surface area contributed by atoms with Gasteiger partial charge in [-0.25, -0.2) is 0 Å². The highest BCUT2D eigenvalue weighted by Crippen LogP contribution is 2.12. The van der Waals surface area contributed by atoms with Gasteiger partial charge in [0, 0.05) is 34.9 Å². The number of nitrogens with one attached hydrogen (secondary N) is 1. The molecule has 18 heavy (non-hydrogen) atoms. The third-order valence-electron chi connectivity index (χ3n) is 3.18. The maximum Gasteiger partial charge on any atom is 0.119 e. The molecule has 0 spiro atoms. The van der Waals surface area contributed by atoms with E-state index < -0.39 is 10.8 Å². The van der Waals surface area contributed by atoms with Gasteiger partial charge in [-0.3, -0.25) is 4.21 Å². The first kappa shape index (κ1) is 13.6. The summed E-state index contributed by atoms with van der Waals surface area (Å²) in [6, 6.07) is 8.62. The van der Waals surface area contributed by atoms with Crippen LogP contribution in [0.1, 0.15) is 18.4 Å². The van der Waals surface area contributed by atoms with Gasteiger partial charge in [0.25, 0.3) is 0 Å². The second kappa shape index (κ2) is 6.90. The average molecular weight is 267 g/mol. The molecule has 0 aliphatic carbocycles. The Labute approximate surface area is 111 Å². The molecule has 1 N–H and O–H groups in total. The van der Waals surface area contributed by atoms with Crippen molar-refractivity contribution in [3.8, 4) is 5.75 Å². The Balaban J connectivity index is 1.63. The first-order valence-corrected chi connectivity index (χ1v) is 8.00. The summed E-state index contributed by atoms with van der Waals surface area (Å²) in [6.07, 6.45) is 2.05. The molecule has 0 saturated carbocycles. The van der Waals surface area contributed by atoms with Crippen molar-refractivity contribution in [2.75, 3.05) is 24.7 Å². The molecule has 3 nitrogen and oxygen atoms in total. The topological polar surface area (TPSA) is 38.3 Å². The number of hydrogen-bond donors (Lipinski definition) is 1. The molecule has 1 aromatic rings. The average Bonchev–Trinajstić information content (AvgIpc) is 2.37. The fourth-order valence-electron chi connectivity index (χ4n) is 2.13. The minimum atomic E-state index is -0.572. The van der Waals surface area contributed by atoms with E-state index in [0.717, 1.165) is 36.6 Å². The zero-order valence-corrected chi connectivity index (χ0v) is 11.7. The summed E-state index contributed by atoms with van der Waals surface area (Å²) < 4.78 is 16.9. The number of ether oxygens (including phenoxy) is 1. The molecule has 0 unspecified atom stereocenters. The van der Waals surface area contributed by atoms with Gasteiger partial charge in [0.05, 0.1) is 0 Å². The molecular weight excluding hydrogens is 246 g/mol. The largest absolute Gasteiger partial charge is 0.492 e. The van der Waals surface area contributed by atoms with E-state index >= 15 is 0 Å². The zero-order valence-electron chi connectivity index (χ0n) is 10.9. The van der Waals surface area contributed by atoms with Crippen molar-refractivity contribution in [2.24, 2.45) is 0 Å². The van der Waals surface area contributed by atoms with Crippen LogP contribution in [-0.4, -0.2) is 34.9 Å². The monoisotopic (exact) mass is 267 g/mol. The van der Waals surface area contributed by atoms with Gasteiger partial charge in [-0.1, -0.05) is 12.1 Å². The fourth-order valence-corrected chi connectivity index (χ4v) is 3.43. The molecule has 0 amide bonds. The quantitative estimate of drug-likeness (QED) is 0.828. The lowest BCUT2D eigenvalue weighted by molar-refractivity contribution is 0.302. The van der Waals surface area contributed by atoms with Crippen LogP contribution in [0.4, 0.5) is 0 Å². The van der Waals surface area contributed by atoms with E-state index in [0.29, 0.717) is 12.6 Å². The van der Waals surface area contributed by atoms with Crippen LogP contribution in [0.3, 0.4) is 0 Å². The Hall–Kier alpha value is -0.870. The molecule has 0 radical (unpaired) electrons. The van der Waals surface area contributed by atoms with Crippen LogP contribution in [0.2, 0.25) is 0 Å². The van der Waals surface area contributed by atoms with Crippen LogP contribution in [0.15, 0.2) is 24.3 Å². The number of hydrogen-bond acceptors (Lipinski definition) is 3. The Bertz CT molecular complexity index is 399. The highest BCUT2D eigenvalue weighted by atomic mass is 32.2. The molecule has 0 bridgehead atoms. The smallest absolute Gasteiger partial charge is 0.119 e. The fraction of sp³-hybridized carbons (Fsp3) is 0.571. The van der Waals surface area contributed by atoms with Crippen LogP contribution in [0, 0.1) is 6.92 Å². The van der Waals surface area contributed by atoms with Crippen LogP contribution >= 0.6 is 0 Å². The van der Waals surface area contributed by atoms with E-state index in [1.165, 1.54) is 5.56 Å². The van der Waals surface area contributed by atoms with Gasteiger partial charge in [0.2, 0.25) is 0 Å². The molecule has 4 heteroatoms. The van der Waals surface area contributed by atoms with Crippen molar-refractivity contribution in [2.45, 2.75) is 25.8 Å². The van der Waals surface area contributed by atoms with E-state index in [-0.39, 0.29) is 0 Å². The summed E-state index contributed by atoms with van der Waals surface area (Å²) in [4.78, 5) is 0. The molecule has 0 aromatic heterocycles. The molecule has 1 heterocycles. The maximum atomic E-state index is 11.2. The van der Waals surface area contributed by atoms with Crippen molar-refractivity contribution in [1.29, 1.82) is 0 Å². The van der Waals surface area contributed by atoms with Gasteiger partial charge in [-0.15, -0.1) is 0 Å². The van der Waals surface area contributed by atoms with E-state index in [9.17, 15) is 4.21 Å². The maximum absolute atomic E-state index is 11.2. The van der Waals surface area contributed by atoms with E-state index in [1.54, 1.807) is 0 Å². The zero-order chi connectivity index (χ0) is 12.8. The van der Waals surface area contributed by atoms with Gasteiger partial charge < -0.3 is 10.1 Å². The summed E-state index contributed by atoms with van der Waals surface area (Å²) >= 11 is 0. The molecule has 2 rings (SSSR count). The minimum Gasteiger partial charge on any atom is -0.492 e. The van der Waals surface area contributed by atoms with Crippen LogP contribution in [0.5, 0.6) is 5.75 Å². The molecule has 1 fully saturated rings. The van der Waals surface area contributed by atoms with Crippen LogP contribution < -0.4 is 10.1 Å². The van der Waals surface area contributed by atoms with Crippen molar-refractivity contribution in [3.63, 3.8) is 0 Å². The van der Waals surface area contributed by atoms with E-state index in [2.05, 4.69) is 18.3 Å². The molecule has 1 aromatic carbocycles. The molecule has 1 aliphatic rings. The van der Waals surface area contributed by atoms with Crippen molar-refractivity contribution >= 4 is 10.8 Å². The lowest BCUT2D eigenvalue weighted by atomic mass is 10.1. The lowest BCUT2D eigenvalue weighted by Gasteiger charge is -2.22. The molecule has 1 saturated heterocycles. The van der Waals surface area contributed by atoms with Crippen molar-refractivity contribution in [3.05, 3.63) is 29.8 Å². The molecular formula is C14H21NO2S. The number of benzene rings is 1. The Morgan fingerprint density at radius 2 is 2.17 bits per heavy atom. The third kappa shape index (κ3) is 4.42. The Kier molecular flexibility index (Phi) is 5.20. The second-order valence-corrected chi connectivity index (χ2v) is 6.44. The second-order valence-electron chi connectivity index (χ2n) is 4.74. The highest BCUT2D eigenvalue weighted by molar-refractivity contribution is 7.85. The van der Waals surface area contributed by atoms with Crippen molar-refractivity contribution in [1.82, 2.24) is 5.32 Å². The van der Waals surface area contributed by atoms with Crippen molar-refractivity contribution < 1.29 is 8.95 Å². The van der Waals surface area contributed by atoms with Crippen LogP contribution in [-0.2, 0) is 10.8 Å². The van der Waals surface area contributed by atoms with E-state index in [1.807, 2.05) is 18.2 Å². The van der Waals surface area contributed by atoms with Gasteiger partial charge in [-0.05, 0) is 37.5 Å². The van der Waals surface area contributed by atoms with Gasteiger partial charge in [-0.2, -0.15) is 0 Å². The predicted octanol–water partition coefficient (Wildman–Crippen LogP) is 1.87. The van der Waals surface area contributed by atoms with Gasteiger partial charge in [0.1, 0.15) is 12.4 Å². The summed E-state index contributed by atoms with van der Waals surface area (Å²) in [5, 5.41) is 3.47. The van der Waals surface area contributed by atoms with E-state index in [4.69, 9.17) is 4.74 Å². The lowest BCUT2D eigenvalue weighted by Crippen LogP contribution is -2.37. The SMILES string of the molecule is Cc1cccc(OCCNC2CCS(=O)CC2)c1. The standard InChI is InChI=1S/C14H21NO2S/c1-12-3-2-4-14(11-12)17-8-7-15-13-5-9-18(16)10-6-13/h2-4,11,13,15H,5-10H2,1H3. The minimum absolute atomic E-state index is 0.517. The highest BCUT2D eigenvalue weighted by Gasteiger charge is 2.16. The predicted molar refractivity (Wildman–Crippen MR) is 75.6 cm³/mol. The van der Waals surface area contributed by atoms with Gasteiger partial charge in [0.15, 0.2) is 0 Å². The third-order valence-corrected chi connectivity index (χ3v) is 4.56. The summed E-state index contributed by atoms with van der Waals surface area (Å²) in [5.74, 6) is 2.62. The van der Waals surface area contributed by atoms with Gasteiger partial charge >= 0.3 is 0 Å². The Morgan fingerprint density at radius 1 is 1.39 bits per heavy atom. The van der Waals surface area contributed by atoms with Crippen LogP contribution in [0.25, 0.3) is 0 Å². The Morgan fingerprint density at radius 3 is 2.89 bits per heavy atom. The summed E-state index contributed by atoms with van der Waals surface area (Å²) in [6.45, 7) is 3.60. The first-order chi connectivity index (χ1) is 8.74.